The van der Waals surface area contributed by atoms with Gasteiger partial charge >= 0.3 is 0 Å². The van der Waals surface area contributed by atoms with Gasteiger partial charge in [0, 0.05) is 5.69 Å². The minimum Gasteiger partial charge on any atom is -0.494 e. The van der Waals surface area contributed by atoms with Crippen LogP contribution in [0.2, 0.25) is 0 Å². The first-order chi connectivity index (χ1) is 12.1. The summed E-state index contributed by atoms with van der Waals surface area (Å²) >= 11 is 0. The Labute approximate surface area is 148 Å². The Morgan fingerprint density at radius 2 is 1.76 bits per heavy atom. The van der Waals surface area contributed by atoms with Gasteiger partial charge in [-0.1, -0.05) is 25.5 Å². The molecule has 5 heteroatoms. The van der Waals surface area contributed by atoms with Gasteiger partial charge in [-0.3, -0.25) is 4.79 Å². The van der Waals surface area contributed by atoms with Crippen molar-refractivity contribution >= 4 is 11.6 Å². The van der Waals surface area contributed by atoms with Gasteiger partial charge in [0.15, 0.2) is 17.6 Å². The highest BCUT2D eigenvalue weighted by atomic mass is 16.5. The van der Waals surface area contributed by atoms with Crippen LogP contribution in [-0.4, -0.2) is 25.7 Å². The van der Waals surface area contributed by atoms with Crippen LogP contribution in [-0.2, 0) is 4.79 Å². The van der Waals surface area contributed by atoms with Crippen molar-refractivity contribution in [3.05, 3.63) is 48.5 Å². The molecular weight excluding hydrogens is 318 g/mol. The van der Waals surface area contributed by atoms with E-state index in [4.69, 9.17) is 14.2 Å². The fraction of sp³-hybridized carbons (Fsp3) is 0.350. The molecule has 0 saturated heterocycles. The first-order valence-corrected chi connectivity index (χ1v) is 8.47. The predicted molar refractivity (Wildman–Crippen MR) is 98.6 cm³/mol. The molecule has 0 aliphatic carbocycles. The summed E-state index contributed by atoms with van der Waals surface area (Å²) < 4.78 is 16.5. The SMILES string of the molecule is CCCCOc1ccc(NC(=O)C(C)Oc2ccccc2OC)cc1. The topological polar surface area (TPSA) is 56.8 Å². The monoisotopic (exact) mass is 343 g/mol. The molecule has 25 heavy (non-hydrogen) atoms. The molecule has 2 aromatic rings. The number of amides is 1. The molecule has 0 aliphatic heterocycles. The zero-order valence-corrected chi connectivity index (χ0v) is 15.0. The third-order valence-corrected chi connectivity index (χ3v) is 3.63. The lowest BCUT2D eigenvalue weighted by molar-refractivity contribution is -0.122. The van der Waals surface area contributed by atoms with E-state index in [0.717, 1.165) is 18.6 Å². The number of unbranched alkanes of at least 4 members (excludes halogenated alkanes) is 1. The number of carbonyl (C=O) groups excluding carboxylic acids is 1. The van der Waals surface area contributed by atoms with Crippen molar-refractivity contribution < 1.29 is 19.0 Å². The predicted octanol–water partition coefficient (Wildman–Crippen LogP) is 4.28. The maximum absolute atomic E-state index is 12.3. The van der Waals surface area contributed by atoms with Gasteiger partial charge in [-0.05, 0) is 49.7 Å². The molecule has 0 spiro atoms. The smallest absolute Gasteiger partial charge is 0.265 e. The van der Waals surface area contributed by atoms with Gasteiger partial charge in [0.25, 0.3) is 5.91 Å². The van der Waals surface area contributed by atoms with E-state index in [9.17, 15) is 4.79 Å². The number of hydrogen-bond acceptors (Lipinski definition) is 4. The molecule has 1 atom stereocenters. The molecule has 1 N–H and O–H groups in total. The maximum Gasteiger partial charge on any atom is 0.265 e. The third kappa shape index (κ3) is 5.71. The molecule has 1 amide bonds. The van der Waals surface area contributed by atoms with Gasteiger partial charge < -0.3 is 19.5 Å². The Hall–Kier alpha value is -2.69. The summed E-state index contributed by atoms with van der Waals surface area (Å²) in [6.07, 6.45) is 1.46. The highest BCUT2D eigenvalue weighted by Crippen LogP contribution is 2.27. The summed E-state index contributed by atoms with van der Waals surface area (Å²) in [7, 11) is 1.57. The molecule has 0 radical (unpaired) electrons. The number of anilines is 1. The highest BCUT2D eigenvalue weighted by Gasteiger charge is 2.16. The lowest BCUT2D eigenvalue weighted by Crippen LogP contribution is -2.30. The molecule has 5 nitrogen and oxygen atoms in total. The van der Waals surface area contributed by atoms with Crippen LogP contribution in [0, 0.1) is 0 Å². The average molecular weight is 343 g/mol. The van der Waals surface area contributed by atoms with Crippen molar-refractivity contribution in [2.24, 2.45) is 0 Å². The summed E-state index contributed by atoms with van der Waals surface area (Å²) in [5.41, 5.74) is 0.698. The molecule has 0 aromatic heterocycles. The fourth-order valence-electron chi connectivity index (χ4n) is 2.17. The van der Waals surface area contributed by atoms with Gasteiger partial charge in [0.1, 0.15) is 5.75 Å². The van der Waals surface area contributed by atoms with Crippen molar-refractivity contribution in [2.45, 2.75) is 32.8 Å². The molecule has 0 aliphatic rings. The van der Waals surface area contributed by atoms with Crippen LogP contribution in [0.4, 0.5) is 5.69 Å². The van der Waals surface area contributed by atoms with Gasteiger partial charge in [-0.2, -0.15) is 0 Å². The zero-order valence-electron chi connectivity index (χ0n) is 15.0. The van der Waals surface area contributed by atoms with Crippen molar-refractivity contribution in [3.8, 4) is 17.2 Å². The molecule has 0 saturated carbocycles. The quantitative estimate of drug-likeness (QED) is 0.691. The van der Waals surface area contributed by atoms with E-state index in [0.29, 0.717) is 23.8 Å². The molecule has 2 aromatic carbocycles. The molecule has 0 heterocycles. The van der Waals surface area contributed by atoms with E-state index in [2.05, 4.69) is 12.2 Å². The first kappa shape index (κ1) is 18.6. The number of ether oxygens (including phenoxy) is 3. The fourth-order valence-corrected chi connectivity index (χ4v) is 2.17. The summed E-state index contributed by atoms with van der Waals surface area (Å²) in [4.78, 5) is 12.3. The Morgan fingerprint density at radius 1 is 1.08 bits per heavy atom. The normalized spacial score (nSPS) is 11.5. The third-order valence-electron chi connectivity index (χ3n) is 3.63. The minimum absolute atomic E-state index is 0.231. The molecule has 0 fully saturated rings. The van der Waals surface area contributed by atoms with Crippen molar-refractivity contribution in [1.82, 2.24) is 0 Å². The lowest BCUT2D eigenvalue weighted by atomic mass is 10.2. The van der Waals surface area contributed by atoms with Crippen LogP contribution in [0.5, 0.6) is 17.2 Å². The Morgan fingerprint density at radius 3 is 2.40 bits per heavy atom. The van der Waals surface area contributed by atoms with E-state index < -0.39 is 6.10 Å². The second kappa shape index (κ2) is 9.57. The van der Waals surface area contributed by atoms with Crippen LogP contribution in [0.3, 0.4) is 0 Å². The molecule has 2 rings (SSSR count). The van der Waals surface area contributed by atoms with Gasteiger partial charge in [0.2, 0.25) is 0 Å². The molecule has 0 bridgehead atoms. The van der Waals surface area contributed by atoms with Crippen molar-refractivity contribution in [2.75, 3.05) is 19.0 Å². The number of carbonyl (C=O) groups is 1. The number of nitrogens with one attached hydrogen (secondary N) is 1. The van der Waals surface area contributed by atoms with Crippen LogP contribution in [0.15, 0.2) is 48.5 Å². The summed E-state index contributed by atoms with van der Waals surface area (Å²) in [5, 5.41) is 2.83. The van der Waals surface area contributed by atoms with E-state index >= 15 is 0 Å². The molecule has 134 valence electrons. The molecule has 1 unspecified atom stereocenters. The molecular formula is C20H25NO4. The van der Waals surface area contributed by atoms with E-state index in [-0.39, 0.29) is 5.91 Å². The van der Waals surface area contributed by atoms with E-state index in [1.54, 1.807) is 26.2 Å². The van der Waals surface area contributed by atoms with Crippen LogP contribution in [0.1, 0.15) is 26.7 Å². The lowest BCUT2D eigenvalue weighted by Gasteiger charge is -2.16. The second-order valence-electron chi connectivity index (χ2n) is 5.63. The highest BCUT2D eigenvalue weighted by molar-refractivity contribution is 5.94. The van der Waals surface area contributed by atoms with Crippen LogP contribution < -0.4 is 19.5 Å². The van der Waals surface area contributed by atoms with Crippen molar-refractivity contribution in [1.29, 1.82) is 0 Å². The number of para-hydroxylation sites is 2. The summed E-state index contributed by atoms with van der Waals surface area (Å²) in [6.45, 7) is 4.52. The standard InChI is InChI=1S/C20H25NO4/c1-4-5-14-24-17-12-10-16(11-13-17)21-20(22)15(2)25-19-9-7-6-8-18(19)23-3/h6-13,15H,4-5,14H2,1-3H3,(H,21,22). The largest absolute Gasteiger partial charge is 0.494 e. The number of hydrogen-bond donors (Lipinski definition) is 1. The first-order valence-electron chi connectivity index (χ1n) is 8.47. The van der Waals surface area contributed by atoms with Crippen molar-refractivity contribution in [3.63, 3.8) is 0 Å². The van der Waals surface area contributed by atoms with Gasteiger partial charge in [0.05, 0.1) is 13.7 Å². The van der Waals surface area contributed by atoms with Crippen LogP contribution >= 0.6 is 0 Å². The Bertz CT molecular complexity index is 670. The number of benzene rings is 2. The van der Waals surface area contributed by atoms with Gasteiger partial charge in [-0.15, -0.1) is 0 Å². The Kier molecular flexibility index (Phi) is 7.14. The van der Waals surface area contributed by atoms with E-state index in [1.807, 2.05) is 36.4 Å². The average Bonchev–Trinajstić information content (AvgIpc) is 2.63. The summed E-state index contributed by atoms with van der Waals surface area (Å²) in [6, 6.07) is 14.6. The number of methoxy groups -OCH3 is 1. The number of rotatable bonds is 9. The maximum atomic E-state index is 12.3. The Balaban J connectivity index is 1.90. The second-order valence-corrected chi connectivity index (χ2v) is 5.63. The minimum atomic E-state index is -0.656. The van der Waals surface area contributed by atoms with Crippen LogP contribution in [0.25, 0.3) is 0 Å². The van der Waals surface area contributed by atoms with E-state index in [1.165, 1.54) is 0 Å². The van der Waals surface area contributed by atoms with Gasteiger partial charge in [-0.25, -0.2) is 0 Å². The zero-order chi connectivity index (χ0) is 18.1. The summed E-state index contributed by atoms with van der Waals surface area (Å²) in [5.74, 6) is 1.69.